The smallest absolute Gasteiger partial charge is 0.397 e. The average molecular weight is 292 g/mol. The van der Waals surface area contributed by atoms with Crippen LogP contribution >= 0.6 is 0 Å². The molecule has 3 aromatic rings. The fraction of sp³-hybridized carbons (Fsp3) is 0.143. The topological polar surface area (TPSA) is 56.7 Å². The molecule has 2 aromatic heterocycles. The summed E-state index contributed by atoms with van der Waals surface area (Å²) < 4.78 is 39.9. The molecule has 0 bridgehead atoms. The van der Waals surface area contributed by atoms with E-state index in [1.807, 2.05) is 0 Å². The Hall–Kier alpha value is -2.57. The average Bonchev–Trinajstić information content (AvgIpc) is 2.76. The third-order valence-electron chi connectivity index (χ3n) is 3.22. The van der Waals surface area contributed by atoms with Gasteiger partial charge in [0, 0.05) is 7.05 Å². The zero-order valence-corrected chi connectivity index (χ0v) is 11.0. The maximum Gasteiger partial charge on any atom is 0.416 e. The van der Waals surface area contributed by atoms with Gasteiger partial charge in [0.05, 0.1) is 28.5 Å². The number of nitrogens with zero attached hydrogens (tertiary/aromatic N) is 3. The van der Waals surface area contributed by atoms with Crippen molar-refractivity contribution < 1.29 is 13.2 Å². The molecule has 0 radical (unpaired) electrons. The molecular formula is C14H11F3N4. The zero-order chi connectivity index (χ0) is 15.2. The number of alkyl halides is 3. The lowest BCUT2D eigenvalue weighted by atomic mass is 10.2. The lowest BCUT2D eigenvalue weighted by molar-refractivity contribution is -0.137. The summed E-state index contributed by atoms with van der Waals surface area (Å²) in [5, 5.41) is 0. The van der Waals surface area contributed by atoms with Crippen molar-refractivity contribution in [3.63, 3.8) is 0 Å². The Kier molecular flexibility index (Phi) is 2.86. The third-order valence-corrected chi connectivity index (χ3v) is 3.22. The van der Waals surface area contributed by atoms with E-state index in [1.165, 1.54) is 12.3 Å². The highest BCUT2D eigenvalue weighted by Gasteiger charge is 2.31. The van der Waals surface area contributed by atoms with Crippen molar-refractivity contribution in [1.29, 1.82) is 0 Å². The van der Waals surface area contributed by atoms with Gasteiger partial charge < -0.3 is 10.3 Å². The predicted octanol–water partition coefficient (Wildman–Crippen LogP) is 3.24. The summed E-state index contributed by atoms with van der Waals surface area (Å²) in [5.41, 5.74) is 6.80. The molecule has 2 heterocycles. The normalized spacial score (nSPS) is 12.0. The number of imidazole rings is 1. The Labute approximate surface area is 118 Å². The molecule has 1 aromatic carbocycles. The van der Waals surface area contributed by atoms with Crippen LogP contribution < -0.4 is 5.73 Å². The Balaban J connectivity index is 2.17. The number of halogens is 3. The van der Waals surface area contributed by atoms with E-state index in [0.717, 1.165) is 12.1 Å². The van der Waals surface area contributed by atoms with E-state index in [0.29, 0.717) is 22.7 Å². The van der Waals surface area contributed by atoms with Crippen molar-refractivity contribution in [1.82, 2.24) is 14.5 Å². The molecule has 0 atom stereocenters. The van der Waals surface area contributed by atoms with Gasteiger partial charge in [0.1, 0.15) is 5.69 Å². The molecule has 0 amide bonds. The summed E-state index contributed by atoms with van der Waals surface area (Å²) in [4.78, 5) is 8.39. The number of rotatable bonds is 1. The van der Waals surface area contributed by atoms with Crippen LogP contribution in [0.15, 0.2) is 36.5 Å². The Morgan fingerprint density at radius 1 is 1.14 bits per heavy atom. The number of nitrogen functional groups attached to an aromatic ring is 1. The first-order chi connectivity index (χ1) is 9.86. The maximum absolute atomic E-state index is 12.7. The molecule has 2 N–H and O–H groups in total. The number of hydrogen-bond acceptors (Lipinski definition) is 3. The van der Waals surface area contributed by atoms with Gasteiger partial charge in [-0.15, -0.1) is 0 Å². The minimum absolute atomic E-state index is 0.279. The molecule has 0 aliphatic carbocycles. The second kappa shape index (κ2) is 4.47. The number of nitrogens with two attached hydrogens (primary N) is 1. The molecule has 0 saturated heterocycles. The molecular weight excluding hydrogens is 281 g/mol. The fourth-order valence-electron chi connectivity index (χ4n) is 2.14. The summed E-state index contributed by atoms with van der Waals surface area (Å²) in [6.07, 6.45) is -2.90. The lowest BCUT2D eigenvalue weighted by Crippen LogP contribution is -2.04. The van der Waals surface area contributed by atoms with Crippen molar-refractivity contribution in [3.05, 3.63) is 42.1 Å². The molecule has 0 fully saturated rings. The molecule has 21 heavy (non-hydrogen) atoms. The lowest BCUT2D eigenvalue weighted by Gasteiger charge is -2.05. The summed E-state index contributed by atoms with van der Waals surface area (Å²) in [6.45, 7) is 0. The van der Waals surface area contributed by atoms with E-state index in [9.17, 15) is 13.2 Å². The first-order valence-electron chi connectivity index (χ1n) is 6.12. The van der Waals surface area contributed by atoms with Crippen LogP contribution in [0, 0.1) is 0 Å². The molecule has 7 heteroatoms. The number of aryl methyl sites for hydroxylation is 1. The van der Waals surface area contributed by atoms with E-state index >= 15 is 0 Å². The van der Waals surface area contributed by atoms with E-state index in [4.69, 9.17) is 5.73 Å². The van der Waals surface area contributed by atoms with Crippen molar-refractivity contribution in [3.8, 4) is 11.5 Å². The van der Waals surface area contributed by atoms with Gasteiger partial charge >= 0.3 is 6.18 Å². The number of aromatic nitrogens is 3. The number of benzene rings is 1. The Morgan fingerprint density at radius 3 is 2.52 bits per heavy atom. The van der Waals surface area contributed by atoms with Gasteiger partial charge in [-0.05, 0) is 30.3 Å². The standard InChI is InChI=1S/C14H11F3N4/c1-21-12-5-2-8(14(15,16)17)6-11(12)20-13(21)10-4-3-9(18)7-19-10/h2-7H,18H2,1H3. The molecule has 4 nitrogen and oxygen atoms in total. The zero-order valence-electron chi connectivity index (χ0n) is 11.0. The quantitative estimate of drug-likeness (QED) is 0.749. The van der Waals surface area contributed by atoms with Crippen molar-refractivity contribution in [2.24, 2.45) is 7.05 Å². The highest BCUT2D eigenvalue weighted by molar-refractivity contribution is 5.80. The van der Waals surface area contributed by atoms with Crippen molar-refractivity contribution >= 4 is 16.7 Å². The predicted molar refractivity (Wildman–Crippen MR) is 73.4 cm³/mol. The summed E-state index contributed by atoms with van der Waals surface area (Å²) >= 11 is 0. The summed E-state index contributed by atoms with van der Waals surface area (Å²) in [5.74, 6) is 0.490. The van der Waals surface area contributed by atoms with E-state index in [1.54, 1.807) is 23.7 Å². The van der Waals surface area contributed by atoms with Gasteiger partial charge in [0.25, 0.3) is 0 Å². The van der Waals surface area contributed by atoms with Gasteiger partial charge in [0.15, 0.2) is 5.82 Å². The minimum atomic E-state index is -4.38. The monoisotopic (exact) mass is 292 g/mol. The summed E-state index contributed by atoms with van der Waals surface area (Å²) in [7, 11) is 1.73. The van der Waals surface area contributed by atoms with Gasteiger partial charge in [-0.25, -0.2) is 4.98 Å². The van der Waals surface area contributed by atoms with E-state index < -0.39 is 11.7 Å². The maximum atomic E-state index is 12.7. The highest BCUT2D eigenvalue weighted by Crippen LogP contribution is 2.32. The fourth-order valence-corrected chi connectivity index (χ4v) is 2.14. The van der Waals surface area contributed by atoms with Crippen molar-refractivity contribution in [2.75, 3.05) is 5.73 Å². The van der Waals surface area contributed by atoms with Crippen LogP contribution in [0.2, 0.25) is 0 Å². The molecule has 108 valence electrons. The van der Waals surface area contributed by atoms with Crippen molar-refractivity contribution in [2.45, 2.75) is 6.18 Å². The van der Waals surface area contributed by atoms with Crippen LogP contribution in [0.25, 0.3) is 22.6 Å². The number of anilines is 1. The third kappa shape index (κ3) is 2.31. The second-order valence-electron chi connectivity index (χ2n) is 4.67. The number of hydrogen-bond donors (Lipinski definition) is 1. The van der Waals surface area contributed by atoms with Gasteiger partial charge in [-0.3, -0.25) is 4.98 Å². The van der Waals surface area contributed by atoms with Crippen LogP contribution in [0.4, 0.5) is 18.9 Å². The van der Waals surface area contributed by atoms with Gasteiger partial charge in [-0.2, -0.15) is 13.2 Å². The Bertz CT molecular complexity index is 803. The first-order valence-corrected chi connectivity index (χ1v) is 6.12. The SMILES string of the molecule is Cn1c(-c2ccc(N)cn2)nc2cc(C(F)(F)F)ccc21. The number of pyridine rings is 1. The molecule has 0 aliphatic rings. The molecule has 0 aliphatic heterocycles. The highest BCUT2D eigenvalue weighted by atomic mass is 19.4. The number of fused-ring (bicyclic) bond motifs is 1. The van der Waals surface area contributed by atoms with Crippen LogP contribution in [-0.2, 0) is 13.2 Å². The van der Waals surface area contributed by atoms with Crippen LogP contribution in [-0.4, -0.2) is 14.5 Å². The molecule has 0 spiro atoms. The molecule has 0 unspecified atom stereocenters. The van der Waals surface area contributed by atoms with Crippen LogP contribution in [0.1, 0.15) is 5.56 Å². The summed E-state index contributed by atoms with van der Waals surface area (Å²) in [6, 6.07) is 6.84. The Morgan fingerprint density at radius 2 is 1.90 bits per heavy atom. The molecule has 0 saturated carbocycles. The largest absolute Gasteiger partial charge is 0.416 e. The first kappa shape index (κ1) is 13.4. The second-order valence-corrected chi connectivity index (χ2v) is 4.67. The van der Waals surface area contributed by atoms with Gasteiger partial charge in [0.2, 0.25) is 0 Å². The van der Waals surface area contributed by atoms with E-state index in [-0.39, 0.29) is 5.52 Å². The minimum Gasteiger partial charge on any atom is -0.397 e. The van der Waals surface area contributed by atoms with Crippen LogP contribution in [0.3, 0.4) is 0 Å². The molecule has 3 rings (SSSR count). The van der Waals surface area contributed by atoms with Crippen LogP contribution in [0.5, 0.6) is 0 Å². The van der Waals surface area contributed by atoms with Gasteiger partial charge in [-0.1, -0.05) is 0 Å². The van der Waals surface area contributed by atoms with E-state index in [2.05, 4.69) is 9.97 Å².